The fourth-order valence-electron chi connectivity index (χ4n) is 2.58. The summed E-state index contributed by atoms with van der Waals surface area (Å²) >= 11 is 0. The Labute approximate surface area is 166 Å². The molecule has 0 unspecified atom stereocenters. The first-order valence-corrected chi connectivity index (χ1v) is 9.02. The Morgan fingerprint density at radius 1 is 1.28 bits per heavy atom. The van der Waals surface area contributed by atoms with Crippen LogP contribution in [0.3, 0.4) is 0 Å². The molecule has 0 fully saturated rings. The number of nitrogens with zero attached hydrogens (tertiary/aromatic N) is 5. The maximum atomic E-state index is 12.6. The van der Waals surface area contributed by atoms with Gasteiger partial charge in [-0.15, -0.1) is 5.10 Å². The lowest BCUT2D eigenvalue weighted by Crippen LogP contribution is -2.13. The summed E-state index contributed by atoms with van der Waals surface area (Å²) in [6, 6.07) is 5.19. The Balaban J connectivity index is 2.14. The Morgan fingerprint density at radius 3 is 2.69 bits per heavy atom. The second-order valence-corrected chi connectivity index (χ2v) is 6.34. The highest BCUT2D eigenvalue weighted by Gasteiger charge is 2.27. The summed E-state index contributed by atoms with van der Waals surface area (Å²) in [7, 11) is 1.53. The molecule has 154 valence electrons. The van der Waals surface area contributed by atoms with E-state index < -0.39 is 5.97 Å². The van der Waals surface area contributed by atoms with Gasteiger partial charge in [-0.1, -0.05) is 12.1 Å². The smallest absolute Gasteiger partial charge is 0.361 e. The second-order valence-electron chi connectivity index (χ2n) is 6.34. The van der Waals surface area contributed by atoms with Crippen molar-refractivity contribution in [1.29, 1.82) is 0 Å². The molecule has 0 amide bonds. The Kier molecular flexibility index (Phi) is 5.96. The summed E-state index contributed by atoms with van der Waals surface area (Å²) in [5, 5.41) is 15.3. The standard InChI is InChI=1S/C18H22N6O5/c1-5-8-27-12-7-6-11(9-13(12)26-4)15-14(18(25)28-10(2)3)20-23-24(15)17-16(19)21-29-22-17/h6-7,9-10H,5,8H2,1-4H3,(H2,19,21). The number of anilines is 1. The number of ether oxygens (including phenoxy) is 3. The highest BCUT2D eigenvalue weighted by molar-refractivity contribution is 5.94. The van der Waals surface area contributed by atoms with Gasteiger partial charge in [-0.05, 0) is 48.8 Å². The molecule has 2 heterocycles. The summed E-state index contributed by atoms with van der Waals surface area (Å²) in [5.41, 5.74) is 6.66. The van der Waals surface area contributed by atoms with Gasteiger partial charge in [-0.2, -0.15) is 4.68 Å². The number of rotatable bonds is 8. The van der Waals surface area contributed by atoms with Gasteiger partial charge < -0.3 is 19.9 Å². The largest absolute Gasteiger partial charge is 0.493 e. The van der Waals surface area contributed by atoms with Gasteiger partial charge in [-0.25, -0.2) is 9.42 Å². The van der Waals surface area contributed by atoms with Crippen LogP contribution in [0.25, 0.3) is 17.1 Å². The highest BCUT2D eigenvalue weighted by Crippen LogP contribution is 2.35. The average molecular weight is 402 g/mol. The van der Waals surface area contributed by atoms with Crippen LogP contribution < -0.4 is 15.2 Å². The molecular weight excluding hydrogens is 380 g/mol. The van der Waals surface area contributed by atoms with Crippen molar-refractivity contribution in [3.8, 4) is 28.6 Å². The second kappa shape index (κ2) is 8.59. The molecule has 0 atom stereocenters. The molecule has 11 nitrogen and oxygen atoms in total. The predicted molar refractivity (Wildman–Crippen MR) is 102 cm³/mol. The van der Waals surface area contributed by atoms with Crippen molar-refractivity contribution in [2.45, 2.75) is 33.3 Å². The zero-order valence-corrected chi connectivity index (χ0v) is 16.6. The van der Waals surface area contributed by atoms with Gasteiger partial charge in [0.05, 0.1) is 19.8 Å². The monoisotopic (exact) mass is 402 g/mol. The Hall–Kier alpha value is -3.63. The first-order valence-electron chi connectivity index (χ1n) is 9.02. The van der Waals surface area contributed by atoms with Crippen LogP contribution in [0.15, 0.2) is 22.8 Å². The van der Waals surface area contributed by atoms with E-state index in [0.29, 0.717) is 29.4 Å². The van der Waals surface area contributed by atoms with Crippen molar-refractivity contribution < 1.29 is 23.6 Å². The molecular formula is C18H22N6O5. The molecule has 0 aliphatic heterocycles. The molecule has 0 spiro atoms. The van der Waals surface area contributed by atoms with E-state index in [2.05, 4.69) is 25.3 Å². The molecule has 29 heavy (non-hydrogen) atoms. The van der Waals surface area contributed by atoms with Crippen molar-refractivity contribution in [3.05, 3.63) is 23.9 Å². The fourth-order valence-corrected chi connectivity index (χ4v) is 2.58. The molecule has 0 aliphatic rings. The number of carbonyl (C=O) groups excluding carboxylic acids is 1. The maximum Gasteiger partial charge on any atom is 0.361 e. The van der Waals surface area contributed by atoms with Gasteiger partial charge in [0.15, 0.2) is 17.2 Å². The van der Waals surface area contributed by atoms with Crippen molar-refractivity contribution in [2.24, 2.45) is 0 Å². The van der Waals surface area contributed by atoms with Gasteiger partial charge >= 0.3 is 5.97 Å². The van der Waals surface area contributed by atoms with E-state index in [9.17, 15) is 4.79 Å². The molecule has 2 N–H and O–H groups in total. The molecule has 0 radical (unpaired) electrons. The van der Waals surface area contributed by atoms with Crippen LogP contribution in [0.5, 0.6) is 11.5 Å². The fraction of sp³-hybridized carbons (Fsp3) is 0.389. The molecule has 3 rings (SSSR count). The molecule has 0 bridgehead atoms. The van der Waals surface area contributed by atoms with E-state index in [4.69, 9.17) is 19.9 Å². The molecule has 3 aromatic rings. The summed E-state index contributed by atoms with van der Waals surface area (Å²) in [5.74, 6) is 0.516. The van der Waals surface area contributed by atoms with Crippen LogP contribution in [0.4, 0.5) is 5.82 Å². The lowest BCUT2D eigenvalue weighted by Gasteiger charge is -2.13. The maximum absolute atomic E-state index is 12.6. The van der Waals surface area contributed by atoms with E-state index >= 15 is 0 Å². The van der Waals surface area contributed by atoms with Crippen LogP contribution in [0, 0.1) is 0 Å². The Bertz CT molecular complexity index is 997. The van der Waals surface area contributed by atoms with Crippen LogP contribution >= 0.6 is 0 Å². The number of hydrogen-bond acceptors (Lipinski definition) is 10. The van der Waals surface area contributed by atoms with Crippen LogP contribution in [-0.2, 0) is 4.74 Å². The molecule has 1 aromatic carbocycles. The number of esters is 1. The highest BCUT2D eigenvalue weighted by atomic mass is 16.6. The van der Waals surface area contributed by atoms with Crippen molar-refractivity contribution in [1.82, 2.24) is 25.3 Å². The van der Waals surface area contributed by atoms with Gasteiger partial charge in [0.1, 0.15) is 5.69 Å². The first kappa shape index (κ1) is 20.1. The quantitative estimate of drug-likeness (QED) is 0.558. The van der Waals surface area contributed by atoms with Crippen LogP contribution in [0.1, 0.15) is 37.7 Å². The lowest BCUT2D eigenvalue weighted by atomic mass is 10.1. The number of benzene rings is 1. The molecule has 0 saturated heterocycles. The summed E-state index contributed by atoms with van der Waals surface area (Å²) in [4.78, 5) is 12.6. The predicted octanol–water partition coefficient (Wildman–Crippen LogP) is 2.26. The number of methoxy groups -OCH3 is 1. The van der Waals surface area contributed by atoms with Gasteiger partial charge in [0.25, 0.3) is 0 Å². The van der Waals surface area contributed by atoms with Crippen LogP contribution in [-0.4, -0.2) is 51.1 Å². The van der Waals surface area contributed by atoms with Gasteiger partial charge in [0.2, 0.25) is 11.6 Å². The van der Waals surface area contributed by atoms with E-state index in [-0.39, 0.29) is 23.4 Å². The first-order chi connectivity index (χ1) is 14.0. The summed E-state index contributed by atoms with van der Waals surface area (Å²) in [6.45, 7) is 6.03. The normalized spacial score (nSPS) is 10.9. The lowest BCUT2D eigenvalue weighted by molar-refractivity contribution is 0.0371. The third-order valence-corrected chi connectivity index (χ3v) is 3.80. The molecule has 2 aromatic heterocycles. The average Bonchev–Trinajstić information content (AvgIpc) is 3.31. The number of nitrogen functional groups attached to an aromatic ring is 1. The van der Waals surface area contributed by atoms with E-state index in [0.717, 1.165) is 6.42 Å². The minimum Gasteiger partial charge on any atom is -0.493 e. The van der Waals surface area contributed by atoms with Crippen LogP contribution in [0.2, 0.25) is 0 Å². The zero-order chi connectivity index (χ0) is 21.0. The minimum atomic E-state index is -0.637. The summed E-state index contributed by atoms with van der Waals surface area (Å²) in [6.07, 6.45) is 0.518. The molecule has 0 aliphatic carbocycles. The SMILES string of the molecule is CCCOc1ccc(-c2c(C(=O)OC(C)C)nnn2-c2nonc2N)cc1OC. The van der Waals surface area contributed by atoms with Crippen molar-refractivity contribution in [3.63, 3.8) is 0 Å². The molecule has 11 heteroatoms. The van der Waals surface area contributed by atoms with Gasteiger partial charge in [0, 0.05) is 5.56 Å². The summed E-state index contributed by atoms with van der Waals surface area (Å²) < 4.78 is 22.3. The number of nitrogens with two attached hydrogens (primary N) is 1. The van der Waals surface area contributed by atoms with E-state index in [1.807, 2.05) is 6.92 Å². The zero-order valence-electron chi connectivity index (χ0n) is 16.6. The topological polar surface area (TPSA) is 140 Å². The number of carbonyl (C=O) groups is 1. The number of hydrogen-bond donors (Lipinski definition) is 1. The van der Waals surface area contributed by atoms with Crippen molar-refractivity contribution >= 4 is 11.8 Å². The van der Waals surface area contributed by atoms with Gasteiger partial charge in [-0.3, -0.25) is 0 Å². The third-order valence-electron chi connectivity index (χ3n) is 3.80. The minimum absolute atomic E-state index is 0.00482. The van der Waals surface area contributed by atoms with Crippen molar-refractivity contribution in [2.75, 3.05) is 19.5 Å². The third kappa shape index (κ3) is 4.13. The van der Waals surface area contributed by atoms with E-state index in [1.165, 1.54) is 11.8 Å². The van der Waals surface area contributed by atoms with E-state index in [1.54, 1.807) is 32.0 Å². The number of aromatic nitrogens is 5. The Morgan fingerprint density at radius 2 is 2.07 bits per heavy atom. The molecule has 0 saturated carbocycles.